The first-order valence-electron chi connectivity index (χ1n) is 4.38. The molecule has 6 heteroatoms. The van der Waals surface area contributed by atoms with Crippen LogP contribution in [-0.4, -0.2) is 30.0 Å². The van der Waals surface area contributed by atoms with Gasteiger partial charge in [-0.15, -0.1) is 5.10 Å². The van der Waals surface area contributed by atoms with Crippen molar-refractivity contribution >= 4 is 27.3 Å². The minimum Gasteiger partial charge on any atom is -0.466 e. The first-order chi connectivity index (χ1) is 6.68. The Bertz CT molecular complexity index is 268. The predicted molar refractivity (Wildman–Crippen MR) is 58.8 cm³/mol. The first-order valence-corrected chi connectivity index (χ1v) is 5.99. The van der Waals surface area contributed by atoms with Crippen LogP contribution in [0.3, 0.4) is 0 Å². The highest BCUT2D eigenvalue weighted by atomic mass is 79.9. The van der Waals surface area contributed by atoms with Crippen molar-refractivity contribution in [1.29, 1.82) is 0 Å². The molecule has 1 heterocycles. The summed E-state index contributed by atoms with van der Waals surface area (Å²) in [5.74, 6) is 0.561. The van der Waals surface area contributed by atoms with Gasteiger partial charge in [0.05, 0.1) is 6.61 Å². The summed E-state index contributed by atoms with van der Waals surface area (Å²) >= 11 is 4.58. The van der Waals surface area contributed by atoms with Crippen molar-refractivity contribution in [2.75, 3.05) is 19.8 Å². The molecule has 0 amide bonds. The van der Waals surface area contributed by atoms with Crippen LogP contribution in [0.25, 0.3) is 0 Å². The third-order valence-corrected chi connectivity index (χ3v) is 2.55. The Morgan fingerprint density at radius 2 is 2.14 bits per heavy atom. The average molecular weight is 281 g/mol. The molecule has 1 aromatic rings. The Kier molecular flexibility index (Phi) is 5.36. The van der Waals surface area contributed by atoms with Gasteiger partial charge < -0.3 is 9.47 Å². The van der Waals surface area contributed by atoms with E-state index in [4.69, 9.17) is 9.47 Å². The van der Waals surface area contributed by atoms with E-state index in [1.807, 2.05) is 0 Å². The first kappa shape index (κ1) is 11.9. The van der Waals surface area contributed by atoms with E-state index in [9.17, 15) is 0 Å². The smallest absolute Gasteiger partial charge is 0.294 e. The normalized spacial score (nSPS) is 10.9. The van der Waals surface area contributed by atoms with Crippen molar-refractivity contribution in [2.24, 2.45) is 5.92 Å². The monoisotopic (exact) mass is 280 g/mol. The van der Waals surface area contributed by atoms with Gasteiger partial charge in [-0.2, -0.15) is 0 Å². The molecule has 14 heavy (non-hydrogen) atoms. The second-order valence-corrected chi connectivity index (χ2v) is 5.35. The summed E-state index contributed by atoms with van der Waals surface area (Å²) in [6, 6.07) is 0. The molecule has 0 aromatic carbocycles. The highest BCUT2D eigenvalue weighted by molar-refractivity contribution is 9.11. The van der Waals surface area contributed by atoms with Crippen LogP contribution in [0.2, 0.25) is 0 Å². The largest absolute Gasteiger partial charge is 0.466 e. The molecule has 0 N–H and O–H groups in total. The van der Waals surface area contributed by atoms with Crippen molar-refractivity contribution in [3.8, 4) is 5.19 Å². The fourth-order valence-corrected chi connectivity index (χ4v) is 1.70. The summed E-state index contributed by atoms with van der Waals surface area (Å²) in [5.41, 5.74) is 0. The highest BCUT2D eigenvalue weighted by Gasteiger charge is 2.01. The van der Waals surface area contributed by atoms with Gasteiger partial charge in [0.25, 0.3) is 5.19 Å². The molecule has 0 unspecified atom stereocenters. The Balaban J connectivity index is 2.04. The molecule has 0 saturated carbocycles. The van der Waals surface area contributed by atoms with E-state index in [1.165, 1.54) is 11.3 Å². The molecule has 4 nitrogen and oxygen atoms in total. The van der Waals surface area contributed by atoms with Crippen molar-refractivity contribution in [1.82, 2.24) is 10.2 Å². The van der Waals surface area contributed by atoms with E-state index in [-0.39, 0.29) is 0 Å². The molecular weight excluding hydrogens is 268 g/mol. The Morgan fingerprint density at radius 1 is 1.36 bits per heavy atom. The van der Waals surface area contributed by atoms with Gasteiger partial charge >= 0.3 is 0 Å². The van der Waals surface area contributed by atoms with Gasteiger partial charge in [-0.3, -0.25) is 0 Å². The standard InChI is InChI=1S/C8H13BrN2O2S/c1-6(2)5-12-3-4-13-8-11-10-7(9)14-8/h6H,3-5H2,1-2H3. The quantitative estimate of drug-likeness (QED) is 0.751. The van der Waals surface area contributed by atoms with E-state index >= 15 is 0 Å². The zero-order chi connectivity index (χ0) is 10.4. The fourth-order valence-electron chi connectivity index (χ4n) is 0.758. The van der Waals surface area contributed by atoms with Crippen LogP contribution in [0.15, 0.2) is 3.92 Å². The lowest BCUT2D eigenvalue weighted by Crippen LogP contribution is -2.10. The Hall–Kier alpha value is -0.200. The van der Waals surface area contributed by atoms with E-state index in [1.54, 1.807) is 0 Å². The molecule has 0 aliphatic carbocycles. The second-order valence-electron chi connectivity index (χ2n) is 3.14. The molecule has 0 saturated heterocycles. The number of hydrogen-bond acceptors (Lipinski definition) is 5. The highest BCUT2D eigenvalue weighted by Crippen LogP contribution is 2.21. The number of hydrogen-bond donors (Lipinski definition) is 0. The molecule has 0 spiro atoms. The zero-order valence-corrected chi connectivity index (χ0v) is 10.6. The molecule has 1 rings (SSSR count). The summed E-state index contributed by atoms with van der Waals surface area (Å²) < 4.78 is 11.4. The van der Waals surface area contributed by atoms with Crippen molar-refractivity contribution in [2.45, 2.75) is 13.8 Å². The van der Waals surface area contributed by atoms with Crippen molar-refractivity contribution < 1.29 is 9.47 Å². The van der Waals surface area contributed by atoms with Gasteiger partial charge in [-0.05, 0) is 33.2 Å². The number of ether oxygens (including phenoxy) is 2. The lowest BCUT2D eigenvalue weighted by molar-refractivity contribution is 0.0816. The number of halogens is 1. The van der Waals surface area contributed by atoms with Crippen molar-refractivity contribution in [3.63, 3.8) is 0 Å². The maximum Gasteiger partial charge on any atom is 0.294 e. The average Bonchev–Trinajstić information content (AvgIpc) is 2.50. The van der Waals surface area contributed by atoms with Crippen LogP contribution >= 0.6 is 27.3 Å². The van der Waals surface area contributed by atoms with Crippen LogP contribution in [0, 0.1) is 5.92 Å². The minimum atomic E-state index is 0.522. The molecule has 80 valence electrons. The van der Waals surface area contributed by atoms with Crippen LogP contribution < -0.4 is 4.74 Å². The molecule has 0 bridgehead atoms. The Labute approximate surface area is 95.8 Å². The lowest BCUT2D eigenvalue weighted by Gasteiger charge is -2.06. The molecular formula is C8H13BrN2O2S. The van der Waals surface area contributed by atoms with Gasteiger partial charge in [0, 0.05) is 6.61 Å². The van der Waals surface area contributed by atoms with Gasteiger partial charge in [-0.1, -0.05) is 18.9 Å². The lowest BCUT2D eigenvalue weighted by atomic mass is 10.2. The zero-order valence-electron chi connectivity index (χ0n) is 8.20. The molecule has 0 radical (unpaired) electrons. The summed E-state index contributed by atoms with van der Waals surface area (Å²) in [6.07, 6.45) is 0. The van der Waals surface area contributed by atoms with Crippen LogP contribution in [0.4, 0.5) is 0 Å². The third-order valence-electron chi connectivity index (χ3n) is 1.29. The fraction of sp³-hybridized carbons (Fsp3) is 0.750. The van der Waals surface area contributed by atoms with Crippen molar-refractivity contribution in [3.05, 3.63) is 3.92 Å². The van der Waals surface area contributed by atoms with E-state index in [0.717, 1.165) is 10.5 Å². The van der Waals surface area contributed by atoms with Gasteiger partial charge in [-0.25, -0.2) is 0 Å². The number of rotatable bonds is 6. The summed E-state index contributed by atoms with van der Waals surface area (Å²) in [4.78, 5) is 0. The molecule has 1 aromatic heterocycles. The molecule has 0 aliphatic heterocycles. The van der Waals surface area contributed by atoms with Gasteiger partial charge in [0.15, 0.2) is 3.92 Å². The van der Waals surface area contributed by atoms with Crippen LogP contribution in [0.1, 0.15) is 13.8 Å². The minimum absolute atomic E-state index is 0.522. The maximum atomic E-state index is 5.34. The van der Waals surface area contributed by atoms with E-state index in [0.29, 0.717) is 24.3 Å². The molecule has 0 aliphatic rings. The molecule has 0 fully saturated rings. The Morgan fingerprint density at radius 3 is 2.71 bits per heavy atom. The van der Waals surface area contributed by atoms with Gasteiger partial charge in [0.2, 0.25) is 0 Å². The third kappa shape index (κ3) is 4.88. The van der Waals surface area contributed by atoms with Crippen LogP contribution in [-0.2, 0) is 4.74 Å². The topological polar surface area (TPSA) is 44.2 Å². The summed E-state index contributed by atoms with van der Waals surface area (Å²) in [7, 11) is 0. The second kappa shape index (κ2) is 6.31. The summed E-state index contributed by atoms with van der Waals surface area (Å²) in [5, 5.41) is 8.13. The predicted octanol–water partition coefficient (Wildman–Crippen LogP) is 2.35. The molecule has 0 atom stereocenters. The maximum absolute atomic E-state index is 5.34. The SMILES string of the molecule is CC(C)COCCOc1nnc(Br)s1. The number of nitrogens with zero attached hydrogens (tertiary/aromatic N) is 2. The summed E-state index contributed by atoms with van der Waals surface area (Å²) in [6.45, 7) is 6.11. The van der Waals surface area contributed by atoms with E-state index in [2.05, 4.69) is 40.0 Å². The van der Waals surface area contributed by atoms with Crippen LogP contribution in [0.5, 0.6) is 5.19 Å². The number of aromatic nitrogens is 2. The van der Waals surface area contributed by atoms with Gasteiger partial charge in [0.1, 0.15) is 6.61 Å². The van der Waals surface area contributed by atoms with E-state index < -0.39 is 0 Å².